The fraction of sp³-hybridized carbons (Fsp3) is 0.143. The number of rotatable bonds is 1. The number of hydrogen-bond acceptors (Lipinski definition) is 5. The molecule has 0 saturated carbocycles. The number of anilines is 1. The molecule has 2 heterocycles. The van der Waals surface area contributed by atoms with Gasteiger partial charge in [-0.05, 0) is 22.6 Å². The molecule has 2 rings (SSSR count). The van der Waals surface area contributed by atoms with Crippen LogP contribution in [-0.2, 0) is 7.05 Å². The number of pyridine rings is 1. The van der Waals surface area contributed by atoms with Gasteiger partial charge in [-0.2, -0.15) is 5.10 Å². The first-order valence-electron chi connectivity index (χ1n) is 3.93. The van der Waals surface area contributed by atoms with Crippen LogP contribution in [0.25, 0.3) is 10.9 Å². The van der Waals surface area contributed by atoms with Gasteiger partial charge in [0, 0.05) is 7.05 Å². The lowest BCUT2D eigenvalue weighted by Gasteiger charge is -1.98. The van der Waals surface area contributed by atoms with E-state index in [9.17, 15) is 10.1 Å². The van der Waals surface area contributed by atoms with Crippen molar-refractivity contribution in [2.45, 2.75) is 0 Å². The second kappa shape index (κ2) is 3.29. The number of nitro groups is 1. The summed E-state index contributed by atoms with van der Waals surface area (Å²) in [6.07, 6.45) is 1.15. The van der Waals surface area contributed by atoms with Gasteiger partial charge in [0.2, 0.25) is 0 Å². The fourth-order valence-electron chi connectivity index (χ4n) is 1.40. The molecule has 0 radical (unpaired) electrons. The summed E-state index contributed by atoms with van der Waals surface area (Å²) < 4.78 is 2.05. The van der Waals surface area contributed by atoms with Gasteiger partial charge in [0.25, 0.3) is 0 Å². The van der Waals surface area contributed by atoms with E-state index in [1.165, 1.54) is 4.68 Å². The Balaban J connectivity index is 2.98. The monoisotopic (exact) mass is 319 g/mol. The lowest BCUT2D eigenvalue weighted by atomic mass is 10.3. The van der Waals surface area contributed by atoms with E-state index in [1.807, 2.05) is 22.6 Å². The zero-order chi connectivity index (χ0) is 11.2. The molecule has 0 bridgehead atoms. The first-order chi connectivity index (χ1) is 7.02. The molecule has 0 aliphatic rings. The highest BCUT2D eigenvalue weighted by Crippen LogP contribution is 2.30. The topological polar surface area (TPSA) is 99.9 Å². The Hall–Kier alpha value is -1.45. The minimum absolute atomic E-state index is 0.0860. The predicted octanol–water partition coefficient (Wildman–Crippen LogP) is 1.06. The van der Waals surface area contributed by atoms with Crippen molar-refractivity contribution in [2.24, 2.45) is 7.05 Å². The molecule has 0 fully saturated rings. The van der Waals surface area contributed by atoms with Crippen molar-refractivity contribution in [1.82, 2.24) is 14.8 Å². The van der Waals surface area contributed by atoms with Crippen LogP contribution in [0.5, 0.6) is 0 Å². The normalized spacial score (nSPS) is 10.8. The van der Waals surface area contributed by atoms with Crippen LogP contribution in [0.1, 0.15) is 0 Å². The second-order valence-corrected chi connectivity index (χ2v) is 3.95. The predicted molar refractivity (Wildman–Crippen MR) is 62.3 cm³/mol. The van der Waals surface area contributed by atoms with Gasteiger partial charge in [-0.15, -0.1) is 0 Å². The van der Waals surface area contributed by atoms with E-state index in [2.05, 4.69) is 10.1 Å². The molecule has 8 heteroatoms. The number of fused-ring (bicyclic) bond motifs is 1. The van der Waals surface area contributed by atoms with Crippen LogP contribution in [0.3, 0.4) is 0 Å². The molecule has 0 spiro atoms. The highest BCUT2D eigenvalue weighted by atomic mass is 127. The molecule has 2 aromatic heterocycles. The third kappa shape index (κ3) is 1.40. The maximum absolute atomic E-state index is 10.8. The standard InChI is InChI=1S/C7H6IN5O2/c1-12-5-3(13(14)15)2-10-7(9)4(5)6(8)11-12/h2H,1H3,(H2,9,10). The molecule has 7 nitrogen and oxygen atoms in total. The van der Waals surface area contributed by atoms with Crippen LogP contribution >= 0.6 is 22.6 Å². The quantitative estimate of drug-likeness (QED) is 0.481. The van der Waals surface area contributed by atoms with Crippen LogP contribution in [0.2, 0.25) is 0 Å². The number of hydrogen-bond donors (Lipinski definition) is 1. The average Bonchev–Trinajstić information content (AvgIpc) is 2.43. The van der Waals surface area contributed by atoms with E-state index < -0.39 is 4.92 Å². The Labute approximate surface area is 97.6 Å². The van der Waals surface area contributed by atoms with Crippen molar-refractivity contribution >= 4 is 45.0 Å². The number of nitrogens with zero attached hydrogens (tertiary/aromatic N) is 4. The molecule has 0 amide bonds. The largest absolute Gasteiger partial charge is 0.383 e. The first-order valence-corrected chi connectivity index (χ1v) is 5.01. The van der Waals surface area contributed by atoms with E-state index in [1.54, 1.807) is 7.05 Å². The number of halogens is 1. The molecule has 0 saturated heterocycles. The van der Waals surface area contributed by atoms with Crippen molar-refractivity contribution < 1.29 is 4.92 Å². The van der Waals surface area contributed by atoms with Crippen molar-refractivity contribution in [2.75, 3.05) is 5.73 Å². The van der Waals surface area contributed by atoms with Crippen molar-refractivity contribution in [3.8, 4) is 0 Å². The minimum atomic E-state index is -0.494. The summed E-state index contributed by atoms with van der Waals surface area (Å²) in [6, 6.07) is 0. The number of aromatic nitrogens is 3. The Morgan fingerprint density at radius 3 is 2.93 bits per heavy atom. The Morgan fingerprint density at radius 2 is 2.33 bits per heavy atom. The van der Waals surface area contributed by atoms with Gasteiger partial charge >= 0.3 is 5.69 Å². The molecule has 2 N–H and O–H groups in total. The van der Waals surface area contributed by atoms with E-state index in [-0.39, 0.29) is 11.5 Å². The first kappa shape index (κ1) is 10.1. The summed E-state index contributed by atoms with van der Waals surface area (Å²) >= 11 is 1.97. The number of aryl methyl sites for hydroxylation is 1. The maximum Gasteiger partial charge on any atom is 0.313 e. The summed E-state index contributed by atoms with van der Waals surface area (Å²) in [5, 5.41) is 15.4. The smallest absolute Gasteiger partial charge is 0.313 e. The summed E-state index contributed by atoms with van der Waals surface area (Å²) in [5.41, 5.74) is 5.96. The zero-order valence-corrected chi connectivity index (χ0v) is 9.80. The molecule has 0 atom stereocenters. The molecule has 0 unspecified atom stereocenters. The fourth-order valence-corrected chi connectivity index (χ4v) is 2.26. The van der Waals surface area contributed by atoms with Crippen LogP contribution in [0.4, 0.5) is 11.5 Å². The van der Waals surface area contributed by atoms with E-state index >= 15 is 0 Å². The summed E-state index contributed by atoms with van der Waals surface area (Å²) in [6.45, 7) is 0. The van der Waals surface area contributed by atoms with Crippen molar-refractivity contribution in [1.29, 1.82) is 0 Å². The molecule has 78 valence electrons. The molecule has 0 aliphatic heterocycles. The van der Waals surface area contributed by atoms with Gasteiger partial charge in [0.15, 0.2) is 5.52 Å². The molecular weight excluding hydrogens is 313 g/mol. The third-order valence-electron chi connectivity index (χ3n) is 2.03. The van der Waals surface area contributed by atoms with Crippen LogP contribution in [0, 0.1) is 13.8 Å². The molecule has 2 aromatic rings. The molecule has 15 heavy (non-hydrogen) atoms. The summed E-state index contributed by atoms with van der Waals surface area (Å²) in [7, 11) is 1.64. The van der Waals surface area contributed by atoms with Gasteiger partial charge in [-0.1, -0.05) is 0 Å². The Morgan fingerprint density at radius 1 is 1.67 bits per heavy atom. The maximum atomic E-state index is 10.8. The van der Waals surface area contributed by atoms with Crippen molar-refractivity contribution in [3.63, 3.8) is 0 Å². The summed E-state index contributed by atoms with van der Waals surface area (Å²) in [4.78, 5) is 14.1. The highest BCUT2D eigenvalue weighted by Gasteiger charge is 2.21. The lowest BCUT2D eigenvalue weighted by Crippen LogP contribution is -1.98. The van der Waals surface area contributed by atoms with Crippen LogP contribution < -0.4 is 5.73 Å². The van der Waals surface area contributed by atoms with Crippen LogP contribution in [-0.4, -0.2) is 19.7 Å². The van der Waals surface area contributed by atoms with Gasteiger partial charge in [-0.3, -0.25) is 14.8 Å². The molecule has 0 aliphatic carbocycles. The molecule has 0 aromatic carbocycles. The van der Waals surface area contributed by atoms with E-state index in [0.717, 1.165) is 6.20 Å². The van der Waals surface area contributed by atoms with Gasteiger partial charge in [-0.25, -0.2) is 4.98 Å². The third-order valence-corrected chi connectivity index (χ3v) is 2.78. The van der Waals surface area contributed by atoms with Crippen molar-refractivity contribution in [3.05, 3.63) is 20.0 Å². The Bertz CT molecular complexity index is 564. The highest BCUT2D eigenvalue weighted by molar-refractivity contribution is 14.1. The molecular formula is C7H6IN5O2. The summed E-state index contributed by atoms with van der Waals surface area (Å²) in [5.74, 6) is 0.258. The van der Waals surface area contributed by atoms with Crippen LogP contribution in [0.15, 0.2) is 6.20 Å². The SMILES string of the molecule is Cn1nc(I)c2c(N)ncc([N+](=O)[O-])c21. The zero-order valence-electron chi connectivity index (χ0n) is 7.64. The van der Waals surface area contributed by atoms with E-state index in [4.69, 9.17) is 5.73 Å². The van der Waals surface area contributed by atoms with Gasteiger partial charge in [0.1, 0.15) is 15.7 Å². The number of nitrogens with two attached hydrogens (primary N) is 1. The van der Waals surface area contributed by atoms with Gasteiger partial charge < -0.3 is 5.73 Å². The minimum Gasteiger partial charge on any atom is -0.383 e. The second-order valence-electron chi connectivity index (χ2n) is 2.92. The van der Waals surface area contributed by atoms with E-state index in [0.29, 0.717) is 14.6 Å². The Kier molecular flexibility index (Phi) is 2.21. The average molecular weight is 319 g/mol. The lowest BCUT2D eigenvalue weighted by molar-refractivity contribution is -0.383. The van der Waals surface area contributed by atoms with Gasteiger partial charge in [0.05, 0.1) is 10.3 Å². The number of nitrogen functional groups attached to an aromatic ring is 1.